The van der Waals surface area contributed by atoms with Gasteiger partial charge < -0.3 is 9.72 Å². The lowest BCUT2D eigenvalue weighted by molar-refractivity contribution is 0.416. The van der Waals surface area contributed by atoms with Gasteiger partial charge in [0.25, 0.3) is 5.56 Å². The number of fused-ring (bicyclic) bond motifs is 1. The lowest BCUT2D eigenvalue weighted by Crippen LogP contribution is -2.36. The monoisotopic (exact) mass is 353 g/mol. The number of H-pyrrole nitrogens is 1. The van der Waals surface area contributed by atoms with E-state index >= 15 is 0 Å². The minimum Gasteiger partial charge on any atom is -0.496 e. The Morgan fingerprint density at radius 1 is 1.12 bits per heavy atom. The Balaban J connectivity index is 1.86. The molecule has 4 aromatic rings. The average Bonchev–Trinajstić information content (AvgIpc) is 3.32. The molecule has 3 aromatic heterocycles. The molecule has 0 saturated heterocycles. The molecule has 0 saturated carbocycles. The number of nitrogens with one attached hydrogen (secondary N) is 1. The SMILES string of the molecule is COc1ccccc1-c1cn(-c2nc3c([nH]2)c(=O)n(C)c(=O)n3C)nn1. The highest BCUT2D eigenvalue weighted by molar-refractivity contribution is 5.71. The summed E-state index contributed by atoms with van der Waals surface area (Å²) in [6.45, 7) is 0. The van der Waals surface area contributed by atoms with Crippen LogP contribution in [0.2, 0.25) is 0 Å². The normalized spacial score (nSPS) is 11.2. The first-order chi connectivity index (χ1) is 12.5. The molecule has 1 aromatic carbocycles. The molecule has 10 heteroatoms. The number of aromatic nitrogens is 7. The van der Waals surface area contributed by atoms with Crippen molar-refractivity contribution in [3.8, 4) is 23.0 Å². The van der Waals surface area contributed by atoms with Gasteiger partial charge in [0.1, 0.15) is 11.4 Å². The molecule has 0 aliphatic carbocycles. The Labute approximate surface area is 146 Å². The molecule has 0 aliphatic heterocycles. The fraction of sp³-hybridized carbons (Fsp3) is 0.188. The number of aromatic amines is 1. The number of nitrogens with zero attached hydrogens (tertiary/aromatic N) is 6. The van der Waals surface area contributed by atoms with E-state index in [4.69, 9.17) is 4.74 Å². The second kappa shape index (κ2) is 5.69. The summed E-state index contributed by atoms with van der Waals surface area (Å²) < 4.78 is 9.07. The number of benzene rings is 1. The molecule has 0 bridgehead atoms. The van der Waals surface area contributed by atoms with Crippen molar-refractivity contribution in [2.45, 2.75) is 0 Å². The van der Waals surface area contributed by atoms with Gasteiger partial charge in [-0.3, -0.25) is 13.9 Å². The van der Waals surface area contributed by atoms with E-state index in [1.165, 1.54) is 16.3 Å². The van der Waals surface area contributed by atoms with E-state index in [1.54, 1.807) is 20.4 Å². The molecule has 132 valence electrons. The third-order valence-electron chi connectivity index (χ3n) is 4.18. The van der Waals surface area contributed by atoms with Gasteiger partial charge in [0.05, 0.1) is 13.3 Å². The predicted molar refractivity (Wildman–Crippen MR) is 93.5 cm³/mol. The third-order valence-corrected chi connectivity index (χ3v) is 4.18. The maximum absolute atomic E-state index is 12.3. The molecule has 0 amide bonds. The van der Waals surface area contributed by atoms with Crippen LogP contribution >= 0.6 is 0 Å². The minimum absolute atomic E-state index is 0.221. The molecule has 3 heterocycles. The number of rotatable bonds is 3. The van der Waals surface area contributed by atoms with Crippen molar-refractivity contribution in [3.05, 3.63) is 51.3 Å². The van der Waals surface area contributed by atoms with Crippen LogP contribution in [0.1, 0.15) is 0 Å². The van der Waals surface area contributed by atoms with Crippen LogP contribution in [0.15, 0.2) is 40.1 Å². The fourth-order valence-electron chi connectivity index (χ4n) is 2.77. The zero-order chi connectivity index (χ0) is 18.4. The molecule has 0 spiro atoms. The maximum atomic E-state index is 12.3. The van der Waals surface area contributed by atoms with E-state index in [2.05, 4.69) is 20.3 Å². The lowest BCUT2D eigenvalue weighted by Gasteiger charge is -2.03. The maximum Gasteiger partial charge on any atom is 0.332 e. The smallest absolute Gasteiger partial charge is 0.332 e. The molecule has 1 N–H and O–H groups in total. The topological polar surface area (TPSA) is 113 Å². The summed E-state index contributed by atoms with van der Waals surface area (Å²) in [7, 11) is 4.55. The molecule has 10 nitrogen and oxygen atoms in total. The van der Waals surface area contributed by atoms with Crippen molar-refractivity contribution < 1.29 is 4.74 Å². The number of imidazole rings is 1. The molecule has 0 atom stereocenters. The summed E-state index contributed by atoms with van der Waals surface area (Å²) in [5.74, 6) is 0.951. The van der Waals surface area contributed by atoms with E-state index in [0.717, 1.165) is 10.1 Å². The second-order valence-corrected chi connectivity index (χ2v) is 5.71. The molecule has 0 unspecified atom stereocenters. The zero-order valence-corrected chi connectivity index (χ0v) is 14.3. The number of para-hydroxylation sites is 1. The van der Waals surface area contributed by atoms with Crippen molar-refractivity contribution in [2.24, 2.45) is 14.1 Å². The van der Waals surface area contributed by atoms with Crippen LogP contribution < -0.4 is 16.0 Å². The van der Waals surface area contributed by atoms with Crippen molar-refractivity contribution in [1.29, 1.82) is 0 Å². The summed E-state index contributed by atoms with van der Waals surface area (Å²) in [6, 6.07) is 7.43. The zero-order valence-electron chi connectivity index (χ0n) is 14.3. The number of hydrogen-bond acceptors (Lipinski definition) is 6. The fourth-order valence-corrected chi connectivity index (χ4v) is 2.77. The van der Waals surface area contributed by atoms with Gasteiger partial charge in [-0.05, 0) is 12.1 Å². The molecule has 0 fully saturated rings. The van der Waals surface area contributed by atoms with Crippen LogP contribution in [-0.2, 0) is 14.1 Å². The average molecular weight is 353 g/mol. The molecule has 0 aliphatic rings. The number of hydrogen-bond donors (Lipinski definition) is 1. The minimum atomic E-state index is -0.452. The van der Waals surface area contributed by atoms with Crippen LogP contribution in [0, 0.1) is 0 Å². The Morgan fingerprint density at radius 3 is 2.65 bits per heavy atom. The summed E-state index contributed by atoms with van der Waals surface area (Å²) in [4.78, 5) is 31.5. The Kier molecular flexibility index (Phi) is 3.46. The number of aryl methyl sites for hydroxylation is 1. The van der Waals surface area contributed by atoms with Gasteiger partial charge in [0, 0.05) is 19.7 Å². The van der Waals surface area contributed by atoms with Gasteiger partial charge in [0.2, 0.25) is 5.95 Å². The Hall–Kier alpha value is -3.69. The highest BCUT2D eigenvalue weighted by atomic mass is 16.5. The van der Waals surface area contributed by atoms with Crippen molar-refractivity contribution in [1.82, 2.24) is 34.1 Å². The quantitative estimate of drug-likeness (QED) is 0.564. The molecule has 26 heavy (non-hydrogen) atoms. The van der Waals surface area contributed by atoms with E-state index in [0.29, 0.717) is 11.4 Å². The number of methoxy groups -OCH3 is 1. The summed E-state index contributed by atoms with van der Waals surface area (Å²) in [5.41, 5.74) is 0.938. The van der Waals surface area contributed by atoms with Crippen LogP contribution in [0.4, 0.5) is 0 Å². The van der Waals surface area contributed by atoms with E-state index in [-0.39, 0.29) is 17.1 Å². The van der Waals surface area contributed by atoms with E-state index in [9.17, 15) is 9.59 Å². The Bertz CT molecular complexity index is 1240. The van der Waals surface area contributed by atoms with Crippen LogP contribution in [0.3, 0.4) is 0 Å². The summed E-state index contributed by atoms with van der Waals surface area (Å²) >= 11 is 0. The highest BCUT2D eigenvalue weighted by Crippen LogP contribution is 2.27. The molecule has 4 rings (SSSR count). The van der Waals surface area contributed by atoms with Gasteiger partial charge in [-0.1, -0.05) is 17.3 Å². The lowest BCUT2D eigenvalue weighted by atomic mass is 10.1. The van der Waals surface area contributed by atoms with Gasteiger partial charge in [-0.25, -0.2) is 4.79 Å². The first-order valence-electron chi connectivity index (χ1n) is 7.73. The van der Waals surface area contributed by atoms with Crippen LogP contribution in [-0.4, -0.2) is 41.2 Å². The first kappa shape index (κ1) is 15.8. The van der Waals surface area contributed by atoms with Gasteiger partial charge in [0.15, 0.2) is 11.2 Å². The predicted octanol–water partition coefficient (Wildman–Crippen LogP) is 0.217. The van der Waals surface area contributed by atoms with E-state index < -0.39 is 11.2 Å². The summed E-state index contributed by atoms with van der Waals surface area (Å²) in [6.07, 6.45) is 1.66. The number of ether oxygens (including phenoxy) is 1. The van der Waals surface area contributed by atoms with Crippen LogP contribution in [0.25, 0.3) is 28.4 Å². The van der Waals surface area contributed by atoms with Gasteiger partial charge in [-0.2, -0.15) is 9.67 Å². The third kappa shape index (κ3) is 2.23. The van der Waals surface area contributed by atoms with Crippen LogP contribution in [0.5, 0.6) is 5.75 Å². The largest absolute Gasteiger partial charge is 0.496 e. The van der Waals surface area contributed by atoms with Crippen molar-refractivity contribution in [2.75, 3.05) is 7.11 Å². The van der Waals surface area contributed by atoms with E-state index in [1.807, 2.05) is 24.3 Å². The Morgan fingerprint density at radius 2 is 1.88 bits per heavy atom. The first-order valence-corrected chi connectivity index (χ1v) is 7.73. The molecule has 0 radical (unpaired) electrons. The highest BCUT2D eigenvalue weighted by Gasteiger charge is 2.16. The standard InChI is InChI=1S/C16H15N7O3/c1-21-13-12(14(24)22(2)16(21)25)17-15(18-13)23-8-10(19-20-23)9-6-4-5-7-11(9)26-3/h4-8H,1-3H3,(H,17,18). The second-order valence-electron chi connectivity index (χ2n) is 5.71. The van der Waals surface area contributed by atoms with Gasteiger partial charge in [-0.15, -0.1) is 5.10 Å². The van der Waals surface area contributed by atoms with Crippen molar-refractivity contribution >= 4 is 11.2 Å². The summed E-state index contributed by atoms with van der Waals surface area (Å²) in [5, 5.41) is 8.20. The molecular weight excluding hydrogens is 338 g/mol. The molecular formula is C16H15N7O3. The van der Waals surface area contributed by atoms with Crippen molar-refractivity contribution in [3.63, 3.8) is 0 Å². The van der Waals surface area contributed by atoms with Gasteiger partial charge >= 0.3 is 5.69 Å².